The Morgan fingerprint density at radius 2 is 1.96 bits per heavy atom. The van der Waals surface area contributed by atoms with Crippen LogP contribution in [0, 0.1) is 11.8 Å². The third-order valence-corrected chi connectivity index (χ3v) is 5.75. The molecule has 2 aromatic rings. The molecule has 27 heavy (non-hydrogen) atoms. The summed E-state index contributed by atoms with van der Waals surface area (Å²) in [5.74, 6) is 0.992. The number of fused-ring (bicyclic) bond motifs is 1. The Balaban J connectivity index is 1.51. The van der Waals surface area contributed by atoms with E-state index in [1.165, 1.54) is 12.8 Å². The van der Waals surface area contributed by atoms with E-state index in [9.17, 15) is 4.79 Å². The maximum absolute atomic E-state index is 12.5. The Labute approximate surface area is 160 Å². The number of nitrogens with one attached hydrogen (secondary N) is 1. The minimum absolute atomic E-state index is 0.0629. The largest absolute Gasteiger partial charge is 0.369 e. The number of amides is 1. The Bertz CT molecular complexity index is 833. The van der Waals surface area contributed by atoms with Gasteiger partial charge in [0.15, 0.2) is 5.65 Å². The summed E-state index contributed by atoms with van der Waals surface area (Å²) in [5, 5.41) is 3.14. The van der Waals surface area contributed by atoms with Crippen LogP contribution < -0.4 is 10.2 Å². The molecule has 0 spiro atoms. The molecule has 144 valence electrons. The van der Waals surface area contributed by atoms with Crippen LogP contribution in [0.4, 0.5) is 5.69 Å². The average molecular weight is 367 g/mol. The third-order valence-electron chi connectivity index (χ3n) is 5.75. The summed E-state index contributed by atoms with van der Waals surface area (Å²) >= 11 is 0. The van der Waals surface area contributed by atoms with Crippen LogP contribution in [-0.2, 0) is 17.6 Å². The Kier molecular flexibility index (Phi) is 5.23. The summed E-state index contributed by atoms with van der Waals surface area (Å²) < 4.78 is 0. The number of carbonyl (C=O) groups is 1. The molecule has 1 aliphatic carbocycles. The van der Waals surface area contributed by atoms with E-state index in [0.717, 1.165) is 73.8 Å². The van der Waals surface area contributed by atoms with Crippen LogP contribution in [0.3, 0.4) is 0 Å². The summed E-state index contributed by atoms with van der Waals surface area (Å²) in [6, 6.07) is 2.08. The smallest absolute Gasteiger partial charge is 0.224 e. The number of pyridine rings is 1. The van der Waals surface area contributed by atoms with Crippen molar-refractivity contribution in [1.29, 1.82) is 0 Å². The van der Waals surface area contributed by atoms with Crippen molar-refractivity contribution in [3.63, 3.8) is 0 Å². The van der Waals surface area contributed by atoms with Gasteiger partial charge < -0.3 is 10.2 Å². The lowest BCUT2D eigenvalue weighted by Gasteiger charge is -2.33. The first kappa shape index (κ1) is 18.1. The van der Waals surface area contributed by atoms with E-state index in [2.05, 4.69) is 40.1 Å². The van der Waals surface area contributed by atoms with E-state index in [1.807, 2.05) is 6.20 Å². The van der Waals surface area contributed by atoms with Crippen LogP contribution in [0.2, 0.25) is 0 Å². The highest BCUT2D eigenvalue weighted by Crippen LogP contribution is 2.28. The lowest BCUT2D eigenvalue weighted by Crippen LogP contribution is -2.43. The number of aryl methyl sites for hydroxylation is 2. The van der Waals surface area contributed by atoms with Crippen LogP contribution in [0.25, 0.3) is 11.2 Å². The fourth-order valence-corrected chi connectivity index (χ4v) is 3.88. The summed E-state index contributed by atoms with van der Waals surface area (Å²) in [5.41, 5.74) is 4.70. The molecule has 4 rings (SSSR count). The van der Waals surface area contributed by atoms with Gasteiger partial charge in [-0.25, -0.2) is 15.0 Å². The van der Waals surface area contributed by atoms with Crippen molar-refractivity contribution in [1.82, 2.24) is 20.3 Å². The quantitative estimate of drug-likeness (QED) is 0.850. The van der Waals surface area contributed by atoms with Crippen molar-refractivity contribution in [3.05, 3.63) is 23.7 Å². The molecule has 1 N–H and O–H groups in total. The van der Waals surface area contributed by atoms with E-state index in [0.29, 0.717) is 5.65 Å². The first-order valence-corrected chi connectivity index (χ1v) is 10.4. The summed E-state index contributed by atoms with van der Waals surface area (Å²) in [6.45, 7) is 6.78. The van der Waals surface area contributed by atoms with Crippen LogP contribution in [0.1, 0.15) is 50.9 Å². The molecular weight excluding hydrogens is 338 g/mol. The maximum Gasteiger partial charge on any atom is 0.224 e. The molecular formula is C21H29N5O. The van der Waals surface area contributed by atoms with Gasteiger partial charge in [0.25, 0.3) is 0 Å². The van der Waals surface area contributed by atoms with E-state index >= 15 is 0 Å². The second-order valence-corrected chi connectivity index (χ2v) is 7.83. The van der Waals surface area contributed by atoms with E-state index in [1.54, 1.807) is 0 Å². The maximum atomic E-state index is 12.5. The Morgan fingerprint density at radius 1 is 1.19 bits per heavy atom. The standard InChI is InChI=1S/C21H29N5O/c1-3-17-18(4-2)25-20-19(24-17)10-16(12-22-20)26-9-5-6-15(13-26)21(27)23-11-14-7-8-14/h10,12,14-15H,3-9,11,13H2,1-2H3,(H,23,27)/t15-/m1/s1. The molecule has 0 unspecified atom stereocenters. The molecule has 2 fully saturated rings. The fourth-order valence-electron chi connectivity index (χ4n) is 3.88. The topological polar surface area (TPSA) is 71.0 Å². The average Bonchev–Trinajstić information content (AvgIpc) is 3.55. The molecule has 6 nitrogen and oxygen atoms in total. The Hall–Kier alpha value is -2.24. The predicted octanol–water partition coefficient (Wildman–Crippen LogP) is 2.89. The molecule has 3 heterocycles. The molecule has 1 saturated heterocycles. The summed E-state index contributed by atoms with van der Waals surface area (Å²) in [6.07, 6.45) is 8.16. The summed E-state index contributed by atoms with van der Waals surface area (Å²) in [7, 11) is 0. The summed E-state index contributed by atoms with van der Waals surface area (Å²) in [4.78, 5) is 28.8. The predicted molar refractivity (Wildman–Crippen MR) is 107 cm³/mol. The van der Waals surface area contributed by atoms with Crippen molar-refractivity contribution < 1.29 is 4.79 Å². The highest BCUT2D eigenvalue weighted by molar-refractivity contribution is 5.80. The monoisotopic (exact) mass is 367 g/mol. The number of rotatable bonds is 6. The molecule has 1 aliphatic heterocycles. The van der Waals surface area contributed by atoms with Crippen LogP contribution in [-0.4, -0.2) is 40.5 Å². The normalized spacial score (nSPS) is 20.1. The second kappa shape index (κ2) is 7.79. The van der Waals surface area contributed by atoms with Crippen molar-refractivity contribution in [2.45, 2.75) is 52.4 Å². The van der Waals surface area contributed by atoms with Gasteiger partial charge in [0.1, 0.15) is 5.52 Å². The number of hydrogen-bond donors (Lipinski definition) is 1. The zero-order valence-electron chi connectivity index (χ0n) is 16.4. The lowest BCUT2D eigenvalue weighted by molar-refractivity contribution is -0.125. The fraction of sp³-hybridized carbons (Fsp3) is 0.619. The first-order valence-electron chi connectivity index (χ1n) is 10.4. The van der Waals surface area contributed by atoms with Gasteiger partial charge in [-0.15, -0.1) is 0 Å². The van der Waals surface area contributed by atoms with Crippen LogP contribution in [0.15, 0.2) is 12.3 Å². The van der Waals surface area contributed by atoms with Crippen LogP contribution >= 0.6 is 0 Å². The zero-order valence-corrected chi connectivity index (χ0v) is 16.4. The number of hydrogen-bond acceptors (Lipinski definition) is 5. The molecule has 6 heteroatoms. The number of aromatic nitrogens is 3. The van der Waals surface area contributed by atoms with Gasteiger partial charge in [0.05, 0.1) is 29.2 Å². The molecule has 2 aromatic heterocycles. The van der Waals surface area contributed by atoms with Gasteiger partial charge in [-0.05, 0) is 50.5 Å². The molecule has 0 bridgehead atoms. The minimum Gasteiger partial charge on any atom is -0.369 e. The van der Waals surface area contributed by atoms with Crippen molar-refractivity contribution in [3.8, 4) is 0 Å². The Morgan fingerprint density at radius 3 is 2.70 bits per heavy atom. The van der Waals surface area contributed by atoms with Crippen LogP contribution in [0.5, 0.6) is 0 Å². The van der Waals surface area contributed by atoms with E-state index in [-0.39, 0.29) is 11.8 Å². The lowest BCUT2D eigenvalue weighted by atomic mass is 9.96. The van der Waals surface area contributed by atoms with E-state index in [4.69, 9.17) is 4.98 Å². The van der Waals surface area contributed by atoms with Crippen molar-refractivity contribution in [2.24, 2.45) is 11.8 Å². The number of carbonyl (C=O) groups excluding carboxylic acids is 1. The molecule has 1 atom stereocenters. The number of piperidine rings is 1. The zero-order chi connectivity index (χ0) is 18.8. The van der Waals surface area contributed by atoms with Gasteiger partial charge in [0.2, 0.25) is 5.91 Å². The first-order chi connectivity index (χ1) is 13.2. The van der Waals surface area contributed by atoms with Gasteiger partial charge in [-0.1, -0.05) is 13.8 Å². The van der Waals surface area contributed by atoms with Gasteiger partial charge in [-0.2, -0.15) is 0 Å². The molecule has 1 saturated carbocycles. The molecule has 1 amide bonds. The van der Waals surface area contributed by atoms with Gasteiger partial charge >= 0.3 is 0 Å². The van der Waals surface area contributed by atoms with Gasteiger partial charge in [0, 0.05) is 19.6 Å². The molecule has 0 radical (unpaired) electrons. The minimum atomic E-state index is 0.0629. The number of anilines is 1. The van der Waals surface area contributed by atoms with Crippen molar-refractivity contribution >= 4 is 22.8 Å². The highest BCUT2D eigenvalue weighted by Gasteiger charge is 2.28. The molecule has 0 aromatic carbocycles. The molecule has 2 aliphatic rings. The third kappa shape index (κ3) is 4.04. The number of nitrogens with zero attached hydrogens (tertiary/aromatic N) is 4. The second-order valence-electron chi connectivity index (χ2n) is 7.83. The van der Waals surface area contributed by atoms with Gasteiger partial charge in [-0.3, -0.25) is 4.79 Å². The van der Waals surface area contributed by atoms with Crippen molar-refractivity contribution in [2.75, 3.05) is 24.5 Å². The SMILES string of the molecule is CCc1nc2cc(N3CCC[C@@H](C(=O)NCC4CC4)C3)cnc2nc1CC. The van der Waals surface area contributed by atoms with E-state index < -0.39 is 0 Å². The highest BCUT2D eigenvalue weighted by atomic mass is 16.1.